The van der Waals surface area contributed by atoms with Gasteiger partial charge >= 0.3 is 0 Å². The van der Waals surface area contributed by atoms with E-state index >= 15 is 0 Å². The summed E-state index contributed by atoms with van der Waals surface area (Å²) in [6, 6.07) is 20.1. The minimum atomic E-state index is -0.155. The summed E-state index contributed by atoms with van der Waals surface area (Å²) in [7, 11) is 0. The topological polar surface area (TPSA) is 21.3 Å². The zero-order valence-electron chi connectivity index (χ0n) is 16.7. The van der Waals surface area contributed by atoms with Crippen LogP contribution in [-0.4, -0.2) is 18.8 Å². The zero-order chi connectivity index (χ0) is 18.6. The molecule has 2 atom stereocenters. The van der Waals surface area contributed by atoms with E-state index in [0.717, 1.165) is 26.0 Å². The van der Waals surface area contributed by atoms with Crippen molar-refractivity contribution in [2.75, 3.05) is 13.2 Å². The van der Waals surface area contributed by atoms with Crippen LogP contribution < -0.4 is 5.32 Å². The van der Waals surface area contributed by atoms with Gasteiger partial charge in [0.25, 0.3) is 0 Å². The van der Waals surface area contributed by atoms with Crippen LogP contribution in [0.3, 0.4) is 0 Å². The maximum atomic E-state index is 6.28. The Labute approximate surface area is 159 Å². The van der Waals surface area contributed by atoms with Crippen LogP contribution in [-0.2, 0) is 10.2 Å². The molecule has 1 saturated heterocycles. The van der Waals surface area contributed by atoms with Gasteiger partial charge in [0.2, 0.25) is 0 Å². The van der Waals surface area contributed by atoms with Crippen LogP contribution in [0.5, 0.6) is 0 Å². The molecule has 1 aliphatic heterocycles. The minimum Gasteiger partial charge on any atom is -0.375 e. The van der Waals surface area contributed by atoms with Gasteiger partial charge in [-0.15, -0.1) is 0 Å². The predicted octanol–water partition coefficient (Wildman–Crippen LogP) is 5.56. The van der Waals surface area contributed by atoms with E-state index in [1.54, 1.807) is 0 Å². The van der Waals surface area contributed by atoms with Gasteiger partial charge in [-0.25, -0.2) is 0 Å². The number of aryl methyl sites for hydroxylation is 1. The first-order valence-corrected chi connectivity index (χ1v) is 9.94. The Morgan fingerprint density at radius 1 is 1.04 bits per heavy atom. The average Bonchev–Trinajstić information content (AvgIpc) is 2.64. The van der Waals surface area contributed by atoms with E-state index in [2.05, 4.69) is 87.6 Å². The summed E-state index contributed by atoms with van der Waals surface area (Å²) >= 11 is 0. The first-order chi connectivity index (χ1) is 12.4. The molecule has 2 aromatic rings. The van der Waals surface area contributed by atoms with Crippen molar-refractivity contribution < 1.29 is 4.74 Å². The molecule has 2 aromatic carbocycles. The van der Waals surface area contributed by atoms with Crippen LogP contribution in [0.4, 0.5) is 0 Å². The summed E-state index contributed by atoms with van der Waals surface area (Å²) in [5.74, 6) is 0. The van der Waals surface area contributed by atoms with Crippen LogP contribution in [0.15, 0.2) is 54.6 Å². The van der Waals surface area contributed by atoms with Gasteiger partial charge in [0, 0.05) is 18.1 Å². The van der Waals surface area contributed by atoms with E-state index in [9.17, 15) is 0 Å². The molecule has 2 nitrogen and oxygen atoms in total. The van der Waals surface area contributed by atoms with Crippen LogP contribution in [0.1, 0.15) is 62.8 Å². The number of nitrogens with one attached hydrogen (secondary N) is 1. The zero-order valence-corrected chi connectivity index (χ0v) is 16.7. The van der Waals surface area contributed by atoms with Gasteiger partial charge in [0.1, 0.15) is 0 Å². The summed E-state index contributed by atoms with van der Waals surface area (Å²) in [4.78, 5) is 0. The Balaban J connectivity index is 1.77. The van der Waals surface area contributed by atoms with Crippen molar-refractivity contribution in [1.82, 2.24) is 5.32 Å². The van der Waals surface area contributed by atoms with Crippen molar-refractivity contribution in [2.24, 2.45) is 0 Å². The lowest BCUT2D eigenvalue weighted by molar-refractivity contribution is -0.115. The molecule has 2 heteroatoms. The quantitative estimate of drug-likeness (QED) is 0.735. The SMILES string of the molecule is Cc1ccc(C2(CCNC(C)c3ccccc3)CCCOC2(C)C)cc1. The van der Waals surface area contributed by atoms with Crippen molar-refractivity contribution in [3.05, 3.63) is 71.3 Å². The molecule has 1 fully saturated rings. The summed E-state index contributed by atoms with van der Waals surface area (Å²) in [6.07, 6.45) is 3.40. The fourth-order valence-corrected chi connectivity index (χ4v) is 4.44. The van der Waals surface area contributed by atoms with E-state index in [1.807, 2.05) is 0 Å². The molecule has 0 spiro atoms. The highest BCUT2D eigenvalue weighted by Crippen LogP contribution is 2.47. The largest absolute Gasteiger partial charge is 0.375 e. The third-order valence-electron chi connectivity index (χ3n) is 6.27. The van der Waals surface area contributed by atoms with Crippen molar-refractivity contribution in [1.29, 1.82) is 0 Å². The van der Waals surface area contributed by atoms with E-state index in [0.29, 0.717) is 6.04 Å². The molecule has 1 aliphatic rings. The lowest BCUT2D eigenvalue weighted by atomic mass is 9.62. The fourth-order valence-electron chi connectivity index (χ4n) is 4.44. The second kappa shape index (κ2) is 7.94. The average molecular weight is 352 g/mol. The van der Waals surface area contributed by atoms with E-state index in [-0.39, 0.29) is 11.0 Å². The molecule has 0 amide bonds. The Morgan fingerprint density at radius 3 is 2.38 bits per heavy atom. The molecular weight excluding hydrogens is 318 g/mol. The highest BCUT2D eigenvalue weighted by molar-refractivity contribution is 5.33. The van der Waals surface area contributed by atoms with Crippen molar-refractivity contribution in [2.45, 2.75) is 64.0 Å². The second-order valence-electron chi connectivity index (χ2n) is 8.25. The standard InChI is InChI=1S/C24H33NO/c1-19-11-13-22(14-12-19)24(15-8-18-26-23(24,3)4)16-17-25-20(2)21-9-6-5-7-10-21/h5-7,9-14,20,25H,8,15-18H2,1-4H3. The molecule has 1 heterocycles. The molecule has 26 heavy (non-hydrogen) atoms. The first kappa shape index (κ1) is 19.1. The van der Waals surface area contributed by atoms with Crippen LogP contribution >= 0.6 is 0 Å². The minimum absolute atomic E-state index is 0.0579. The highest BCUT2D eigenvalue weighted by atomic mass is 16.5. The Hall–Kier alpha value is -1.64. The third-order valence-corrected chi connectivity index (χ3v) is 6.27. The summed E-state index contributed by atoms with van der Waals surface area (Å²) in [5, 5.41) is 3.73. The van der Waals surface area contributed by atoms with Gasteiger partial charge in [-0.3, -0.25) is 0 Å². The van der Waals surface area contributed by atoms with Crippen LogP contribution in [0.25, 0.3) is 0 Å². The van der Waals surface area contributed by atoms with Crippen LogP contribution in [0, 0.1) is 6.92 Å². The Kier molecular flexibility index (Phi) is 5.84. The number of benzene rings is 2. The van der Waals surface area contributed by atoms with Gasteiger partial charge in [-0.05, 0) is 64.6 Å². The molecule has 0 saturated carbocycles. The fraction of sp³-hybridized carbons (Fsp3) is 0.500. The highest BCUT2D eigenvalue weighted by Gasteiger charge is 2.48. The maximum Gasteiger partial charge on any atom is 0.0723 e. The van der Waals surface area contributed by atoms with Gasteiger partial charge in [-0.1, -0.05) is 60.2 Å². The maximum absolute atomic E-state index is 6.28. The third kappa shape index (κ3) is 3.87. The first-order valence-electron chi connectivity index (χ1n) is 9.94. The number of ether oxygens (including phenoxy) is 1. The number of hydrogen-bond acceptors (Lipinski definition) is 2. The Bertz CT molecular complexity index is 692. The molecular formula is C24H33NO. The van der Waals surface area contributed by atoms with Gasteiger partial charge in [0.05, 0.1) is 5.60 Å². The monoisotopic (exact) mass is 351 g/mol. The second-order valence-corrected chi connectivity index (χ2v) is 8.25. The molecule has 0 radical (unpaired) electrons. The van der Waals surface area contributed by atoms with Crippen LogP contribution in [0.2, 0.25) is 0 Å². The van der Waals surface area contributed by atoms with Crippen molar-refractivity contribution in [3.8, 4) is 0 Å². The van der Waals surface area contributed by atoms with E-state index in [4.69, 9.17) is 4.74 Å². The Morgan fingerprint density at radius 2 is 1.73 bits per heavy atom. The molecule has 0 aromatic heterocycles. The van der Waals surface area contributed by atoms with Crippen molar-refractivity contribution in [3.63, 3.8) is 0 Å². The van der Waals surface area contributed by atoms with Crippen molar-refractivity contribution >= 4 is 0 Å². The van der Waals surface area contributed by atoms with Gasteiger partial charge in [0.15, 0.2) is 0 Å². The van der Waals surface area contributed by atoms with E-state index in [1.165, 1.54) is 23.1 Å². The normalized spacial score (nSPS) is 23.5. The molecule has 1 N–H and O–H groups in total. The van der Waals surface area contributed by atoms with Gasteiger partial charge < -0.3 is 10.1 Å². The smallest absolute Gasteiger partial charge is 0.0723 e. The molecule has 0 aliphatic carbocycles. The molecule has 2 unspecified atom stereocenters. The number of hydrogen-bond donors (Lipinski definition) is 1. The summed E-state index contributed by atoms with van der Waals surface area (Å²) in [6.45, 7) is 10.8. The lowest BCUT2D eigenvalue weighted by Crippen LogP contribution is -2.53. The number of rotatable bonds is 6. The molecule has 3 rings (SSSR count). The molecule has 0 bridgehead atoms. The van der Waals surface area contributed by atoms with E-state index < -0.39 is 0 Å². The summed E-state index contributed by atoms with van der Waals surface area (Å²) < 4.78 is 6.28. The summed E-state index contributed by atoms with van der Waals surface area (Å²) in [5.41, 5.74) is 3.98. The van der Waals surface area contributed by atoms with Gasteiger partial charge in [-0.2, -0.15) is 0 Å². The predicted molar refractivity (Wildman–Crippen MR) is 110 cm³/mol. The lowest BCUT2D eigenvalue weighted by Gasteiger charge is -2.51. The molecule has 140 valence electrons.